The van der Waals surface area contributed by atoms with Gasteiger partial charge in [0.25, 0.3) is 5.91 Å². The first-order valence-electron chi connectivity index (χ1n) is 8.29. The molecule has 0 heterocycles. The van der Waals surface area contributed by atoms with Gasteiger partial charge in [0.2, 0.25) is 0 Å². The highest BCUT2D eigenvalue weighted by molar-refractivity contribution is 8.07. The highest BCUT2D eigenvalue weighted by Gasteiger charge is 2.35. The number of thioether (sulfide) groups is 1. The van der Waals surface area contributed by atoms with Crippen molar-refractivity contribution in [1.82, 2.24) is 0 Å². The average molecular weight is 409 g/mol. The normalized spacial score (nSPS) is 12.4. The van der Waals surface area contributed by atoms with Crippen LogP contribution in [0.2, 0.25) is 0 Å². The van der Waals surface area contributed by atoms with Crippen LogP contribution in [-0.2, 0) is 4.79 Å². The first-order valence-corrected chi connectivity index (χ1v) is 9.10. The van der Waals surface area contributed by atoms with Gasteiger partial charge in [-0.1, -0.05) is 42.6 Å². The van der Waals surface area contributed by atoms with Crippen molar-refractivity contribution in [3.63, 3.8) is 0 Å². The van der Waals surface area contributed by atoms with Gasteiger partial charge in [-0.15, -0.1) is 0 Å². The highest BCUT2D eigenvalue weighted by atomic mass is 32.2. The molecule has 7 heteroatoms. The molecule has 2 aromatic carbocycles. The van der Waals surface area contributed by atoms with Crippen LogP contribution in [0.15, 0.2) is 64.4 Å². The smallest absolute Gasteiger partial charge is 0.321 e. The average Bonchev–Trinajstić information content (AvgIpc) is 2.61. The molecule has 0 aliphatic rings. The molecule has 0 unspecified atom stereocenters. The van der Waals surface area contributed by atoms with Gasteiger partial charge >= 0.3 is 6.18 Å². The van der Waals surface area contributed by atoms with Crippen molar-refractivity contribution >= 4 is 23.4 Å². The number of aryl methyl sites for hydroxylation is 1. The molecular formula is C21H19F4NOS. The number of nitrogens with one attached hydrogen (secondary N) is 1. The molecule has 0 aliphatic carbocycles. The Morgan fingerprint density at radius 3 is 2.32 bits per heavy atom. The van der Waals surface area contributed by atoms with E-state index in [1.54, 1.807) is 43.3 Å². The van der Waals surface area contributed by atoms with Crippen LogP contribution in [0.5, 0.6) is 0 Å². The van der Waals surface area contributed by atoms with E-state index >= 15 is 0 Å². The number of amides is 1. The first-order chi connectivity index (χ1) is 13.0. The van der Waals surface area contributed by atoms with Crippen LogP contribution < -0.4 is 5.32 Å². The number of carbonyl (C=O) groups is 1. The molecule has 0 fully saturated rings. The molecular weight excluding hydrogens is 390 g/mol. The first kappa shape index (κ1) is 21.8. The fourth-order valence-electron chi connectivity index (χ4n) is 2.43. The molecule has 0 aromatic heterocycles. The van der Waals surface area contributed by atoms with Gasteiger partial charge in [-0.3, -0.25) is 4.79 Å². The van der Waals surface area contributed by atoms with Crippen molar-refractivity contribution in [3.05, 3.63) is 75.8 Å². The molecule has 0 radical (unpaired) electrons. The zero-order valence-corrected chi connectivity index (χ0v) is 16.4. The Kier molecular flexibility index (Phi) is 6.72. The maximum absolute atomic E-state index is 13.6. The summed E-state index contributed by atoms with van der Waals surface area (Å²) < 4.78 is 53.0. The van der Waals surface area contributed by atoms with E-state index in [9.17, 15) is 22.4 Å². The number of halogens is 4. The number of carbonyl (C=O) groups excluding carboxylic acids is 1. The van der Waals surface area contributed by atoms with Gasteiger partial charge in [-0.2, -0.15) is 13.2 Å². The number of allylic oxidation sites excluding steroid dienone is 2. The third-order valence-corrected chi connectivity index (χ3v) is 4.94. The van der Waals surface area contributed by atoms with Gasteiger partial charge in [0.15, 0.2) is 0 Å². The Balaban J connectivity index is 2.45. The van der Waals surface area contributed by atoms with Gasteiger partial charge in [-0.05, 0) is 55.0 Å². The van der Waals surface area contributed by atoms with Crippen molar-refractivity contribution < 1.29 is 22.4 Å². The molecule has 2 nitrogen and oxygen atoms in total. The number of hydrogen-bond donors (Lipinski definition) is 1. The van der Waals surface area contributed by atoms with Crippen molar-refractivity contribution in [3.8, 4) is 11.1 Å². The van der Waals surface area contributed by atoms with E-state index in [2.05, 4.69) is 11.9 Å². The lowest BCUT2D eigenvalue weighted by Gasteiger charge is -2.16. The standard InChI is InChI=1S/C21H19F4NOS/c1-12(2)28-19(14(4)21(23,24)25)20(27)26-18-8-6-5-7-16(18)15-9-10-17(22)13(3)11-15/h5-11H,1H2,2-4H3,(H,26,27)/b19-14+. The Morgan fingerprint density at radius 2 is 1.75 bits per heavy atom. The van der Waals surface area contributed by atoms with E-state index in [4.69, 9.17) is 0 Å². The van der Waals surface area contributed by atoms with E-state index in [1.165, 1.54) is 13.0 Å². The van der Waals surface area contributed by atoms with Crippen LogP contribution in [0.25, 0.3) is 11.1 Å². The molecule has 0 saturated heterocycles. The summed E-state index contributed by atoms with van der Waals surface area (Å²) in [4.78, 5) is 12.5. The topological polar surface area (TPSA) is 29.1 Å². The molecule has 2 aromatic rings. The predicted molar refractivity (Wildman–Crippen MR) is 106 cm³/mol. The van der Waals surface area contributed by atoms with Gasteiger partial charge in [0.05, 0.1) is 4.91 Å². The lowest BCUT2D eigenvalue weighted by molar-refractivity contribution is -0.114. The van der Waals surface area contributed by atoms with E-state index in [-0.39, 0.29) is 5.82 Å². The SMILES string of the molecule is C=C(C)S/C(C(=O)Nc1ccccc1-c1ccc(F)c(C)c1)=C(\C)C(F)(F)F. The minimum Gasteiger partial charge on any atom is -0.321 e. The Labute approximate surface area is 165 Å². The zero-order valence-electron chi connectivity index (χ0n) is 15.6. The van der Waals surface area contributed by atoms with E-state index in [0.29, 0.717) is 39.0 Å². The Morgan fingerprint density at radius 1 is 1.11 bits per heavy atom. The van der Waals surface area contributed by atoms with Gasteiger partial charge in [0, 0.05) is 16.8 Å². The maximum atomic E-state index is 13.6. The molecule has 1 amide bonds. The van der Waals surface area contributed by atoms with Gasteiger partial charge in [0.1, 0.15) is 5.82 Å². The summed E-state index contributed by atoms with van der Waals surface area (Å²) >= 11 is 0.672. The number of hydrogen-bond acceptors (Lipinski definition) is 2. The maximum Gasteiger partial charge on any atom is 0.413 e. The van der Waals surface area contributed by atoms with Gasteiger partial charge in [-0.25, -0.2) is 4.39 Å². The summed E-state index contributed by atoms with van der Waals surface area (Å²) in [5, 5.41) is 2.55. The van der Waals surface area contributed by atoms with E-state index in [0.717, 1.165) is 6.92 Å². The quantitative estimate of drug-likeness (QED) is 0.433. The van der Waals surface area contributed by atoms with Crippen molar-refractivity contribution in [2.24, 2.45) is 0 Å². The second-order valence-corrected chi connectivity index (χ2v) is 7.53. The van der Waals surface area contributed by atoms with E-state index in [1.807, 2.05) is 0 Å². The number of rotatable bonds is 5. The summed E-state index contributed by atoms with van der Waals surface area (Å²) in [7, 11) is 0. The molecule has 0 aliphatic heterocycles. The summed E-state index contributed by atoms with van der Waals surface area (Å²) in [5.74, 6) is -1.25. The zero-order chi connectivity index (χ0) is 21.1. The van der Waals surface area contributed by atoms with Crippen molar-refractivity contribution in [2.45, 2.75) is 26.9 Å². The number of para-hydroxylation sites is 1. The second-order valence-electron chi connectivity index (χ2n) is 6.22. The molecule has 1 N–H and O–H groups in total. The molecule has 0 bridgehead atoms. The largest absolute Gasteiger partial charge is 0.413 e. The lowest BCUT2D eigenvalue weighted by Crippen LogP contribution is -2.20. The van der Waals surface area contributed by atoms with Crippen molar-refractivity contribution in [2.75, 3.05) is 5.32 Å². The van der Waals surface area contributed by atoms with E-state index < -0.39 is 22.6 Å². The minimum atomic E-state index is -4.64. The molecule has 148 valence electrons. The number of benzene rings is 2. The Hall–Kier alpha value is -2.54. The third kappa shape index (κ3) is 5.25. The molecule has 2 rings (SSSR count). The molecule has 0 atom stereocenters. The summed E-state index contributed by atoms with van der Waals surface area (Å²) in [6.45, 7) is 7.57. The molecule has 28 heavy (non-hydrogen) atoms. The number of anilines is 1. The Bertz CT molecular complexity index is 948. The number of alkyl halides is 3. The summed E-state index contributed by atoms with van der Waals surface area (Å²) in [6.07, 6.45) is -4.64. The minimum absolute atomic E-state index is 0.327. The second kappa shape index (κ2) is 8.65. The lowest BCUT2D eigenvalue weighted by atomic mass is 10.0. The van der Waals surface area contributed by atoms with Crippen LogP contribution in [0.1, 0.15) is 19.4 Å². The third-order valence-electron chi connectivity index (χ3n) is 3.89. The van der Waals surface area contributed by atoms with Crippen LogP contribution in [0.4, 0.5) is 23.2 Å². The summed E-state index contributed by atoms with van der Waals surface area (Å²) in [6, 6.07) is 11.1. The van der Waals surface area contributed by atoms with Crippen LogP contribution in [0.3, 0.4) is 0 Å². The molecule has 0 spiro atoms. The van der Waals surface area contributed by atoms with Crippen LogP contribution >= 0.6 is 11.8 Å². The van der Waals surface area contributed by atoms with Crippen LogP contribution in [0, 0.1) is 12.7 Å². The fourth-order valence-corrected chi connectivity index (χ4v) is 3.19. The molecule has 0 saturated carbocycles. The summed E-state index contributed by atoms with van der Waals surface area (Å²) in [5.41, 5.74) is 0.968. The van der Waals surface area contributed by atoms with Crippen molar-refractivity contribution in [1.29, 1.82) is 0 Å². The fraction of sp³-hybridized carbons (Fsp3) is 0.190. The predicted octanol–water partition coefficient (Wildman–Crippen LogP) is 6.84. The van der Waals surface area contributed by atoms with Crippen LogP contribution in [-0.4, -0.2) is 12.1 Å². The monoisotopic (exact) mass is 409 g/mol. The van der Waals surface area contributed by atoms with Gasteiger partial charge < -0.3 is 5.32 Å². The highest BCUT2D eigenvalue weighted by Crippen LogP contribution is 2.37.